The maximum atomic E-state index is 11.9. The molecule has 0 saturated carbocycles. The van der Waals surface area contributed by atoms with Crippen LogP contribution in [0.25, 0.3) is 0 Å². The summed E-state index contributed by atoms with van der Waals surface area (Å²) in [6.45, 7) is 4.19. The Balaban J connectivity index is 1.90. The predicted molar refractivity (Wildman–Crippen MR) is 93.3 cm³/mol. The van der Waals surface area contributed by atoms with Gasteiger partial charge in [0, 0.05) is 6.42 Å². The lowest BCUT2D eigenvalue weighted by atomic mass is 10.0. The van der Waals surface area contributed by atoms with Crippen molar-refractivity contribution in [1.29, 1.82) is 0 Å². The van der Waals surface area contributed by atoms with E-state index in [1.54, 1.807) is 0 Å². The van der Waals surface area contributed by atoms with Crippen molar-refractivity contribution in [2.45, 2.75) is 52.4 Å². The number of aryl methyl sites for hydroxylation is 1. The molecular weight excluding hydrogens is 288 g/mol. The van der Waals surface area contributed by atoms with Crippen molar-refractivity contribution in [1.82, 2.24) is 5.43 Å². The fourth-order valence-electron chi connectivity index (χ4n) is 2.51. The fraction of sp³-hybridized carbons (Fsp3) is 0.474. The van der Waals surface area contributed by atoms with E-state index < -0.39 is 0 Å². The molecular formula is C19H26N2O2. The topological polar surface area (TPSA) is 50.7 Å². The van der Waals surface area contributed by atoms with Crippen molar-refractivity contribution >= 4 is 11.6 Å². The summed E-state index contributed by atoms with van der Waals surface area (Å²) in [4.78, 5) is 11.9. The maximum Gasteiger partial charge on any atom is 0.277 e. The van der Waals surface area contributed by atoms with Gasteiger partial charge in [0.1, 0.15) is 0 Å². The molecule has 0 aliphatic heterocycles. The minimum absolute atomic E-state index is 0.0304. The number of ether oxygens (including phenoxy) is 1. The Kier molecular flexibility index (Phi) is 6.85. The Morgan fingerprint density at radius 2 is 2.04 bits per heavy atom. The van der Waals surface area contributed by atoms with Crippen molar-refractivity contribution in [2.24, 2.45) is 5.10 Å². The summed E-state index contributed by atoms with van der Waals surface area (Å²) in [7, 11) is 0. The molecule has 0 fully saturated rings. The molecule has 0 unspecified atom stereocenters. The summed E-state index contributed by atoms with van der Waals surface area (Å²) in [6.07, 6.45) is 8.21. The number of allylic oxidation sites excluding steroid dienone is 2. The molecule has 1 amide bonds. The number of rotatable bonds is 7. The molecule has 2 rings (SSSR count). The van der Waals surface area contributed by atoms with Gasteiger partial charge in [-0.05, 0) is 44.2 Å². The maximum absolute atomic E-state index is 11.9. The highest BCUT2D eigenvalue weighted by Crippen LogP contribution is 2.17. The van der Waals surface area contributed by atoms with Crippen LogP contribution >= 0.6 is 0 Å². The van der Waals surface area contributed by atoms with E-state index in [4.69, 9.17) is 4.74 Å². The minimum Gasteiger partial charge on any atom is -0.488 e. The quantitative estimate of drug-likeness (QED) is 0.609. The second kappa shape index (κ2) is 9.13. The van der Waals surface area contributed by atoms with Gasteiger partial charge in [-0.3, -0.25) is 4.79 Å². The third kappa shape index (κ3) is 5.89. The van der Waals surface area contributed by atoms with Crippen LogP contribution in [-0.4, -0.2) is 18.2 Å². The Morgan fingerprint density at radius 3 is 2.70 bits per heavy atom. The lowest BCUT2D eigenvalue weighted by Gasteiger charge is -2.13. The van der Waals surface area contributed by atoms with Gasteiger partial charge in [-0.15, -0.1) is 0 Å². The Labute approximate surface area is 138 Å². The number of carbonyl (C=O) groups is 1. The molecule has 1 N–H and O–H groups in total. The standard InChI is InChI=1S/C19H26N2O2/c1-3-7-18(16-12-10-15(2)11-13-16)20-21-19(22)14-23-17-8-5-4-6-9-17/h8,10-13H,3-7,9,14H2,1-2H3,(H,21,22). The molecule has 0 radical (unpaired) electrons. The van der Waals surface area contributed by atoms with E-state index in [0.717, 1.165) is 49.1 Å². The zero-order chi connectivity index (χ0) is 16.5. The molecule has 0 spiro atoms. The minimum atomic E-state index is -0.211. The molecule has 1 aliphatic rings. The number of hydrogen-bond acceptors (Lipinski definition) is 3. The Bertz CT molecular complexity index is 574. The molecule has 0 saturated heterocycles. The molecule has 4 nitrogen and oxygen atoms in total. The van der Waals surface area contributed by atoms with E-state index in [1.165, 1.54) is 12.0 Å². The lowest BCUT2D eigenvalue weighted by Crippen LogP contribution is -2.24. The van der Waals surface area contributed by atoms with Crippen molar-refractivity contribution in [3.05, 3.63) is 47.2 Å². The highest BCUT2D eigenvalue weighted by atomic mass is 16.5. The molecule has 124 valence electrons. The van der Waals surface area contributed by atoms with Gasteiger partial charge in [0.25, 0.3) is 5.91 Å². The SMILES string of the molecule is CCCC(=NNC(=O)COC1=CCCCC1)c1ccc(C)cc1. The monoisotopic (exact) mass is 314 g/mol. The van der Waals surface area contributed by atoms with Crippen LogP contribution in [-0.2, 0) is 9.53 Å². The average molecular weight is 314 g/mol. The number of benzene rings is 1. The lowest BCUT2D eigenvalue weighted by molar-refractivity contribution is -0.124. The van der Waals surface area contributed by atoms with Crippen LogP contribution in [0.1, 0.15) is 56.6 Å². The summed E-state index contributed by atoms with van der Waals surface area (Å²) in [5, 5.41) is 4.29. The zero-order valence-corrected chi connectivity index (χ0v) is 14.1. The van der Waals surface area contributed by atoms with Crippen LogP contribution in [0.5, 0.6) is 0 Å². The zero-order valence-electron chi connectivity index (χ0n) is 14.1. The summed E-state index contributed by atoms with van der Waals surface area (Å²) < 4.78 is 5.54. The third-order valence-corrected chi connectivity index (χ3v) is 3.83. The van der Waals surface area contributed by atoms with Crippen LogP contribution in [0.2, 0.25) is 0 Å². The van der Waals surface area contributed by atoms with Crippen LogP contribution in [0.3, 0.4) is 0 Å². The van der Waals surface area contributed by atoms with Crippen LogP contribution < -0.4 is 5.43 Å². The summed E-state index contributed by atoms with van der Waals surface area (Å²) in [5.41, 5.74) is 5.78. The normalized spacial score (nSPS) is 15.0. The number of nitrogens with one attached hydrogen (secondary N) is 1. The van der Waals surface area contributed by atoms with E-state index >= 15 is 0 Å². The van der Waals surface area contributed by atoms with E-state index in [1.807, 2.05) is 12.1 Å². The van der Waals surface area contributed by atoms with Gasteiger partial charge in [0.05, 0.1) is 11.5 Å². The van der Waals surface area contributed by atoms with Crippen molar-refractivity contribution in [3.8, 4) is 0 Å². The summed E-state index contributed by atoms with van der Waals surface area (Å²) in [5.74, 6) is 0.722. The van der Waals surface area contributed by atoms with Crippen molar-refractivity contribution in [2.75, 3.05) is 6.61 Å². The highest BCUT2D eigenvalue weighted by molar-refractivity contribution is 6.01. The Hall–Kier alpha value is -2.10. The van der Waals surface area contributed by atoms with Gasteiger partial charge in [0.15, 0.2) is 6.61 Å². The first-order valence-corrected chi connectivity index (χ1v) is 8.43. The molecule has 0 aromatic heterocycles. The first-order chi connectivity index (χ1) is 11.2. The second-order valence-electron chi connectivity index (χ2n) is 5.91. The molecule has 1 aromatic rings. The molecule has 0 bridgehead atoms. The molecule has 23 heavy (non-hydrogen) atoms. The molecule has 0 atom stereocenters. The second-order valence-corrected chi connectivity index (χ2v) is 5.91. The molecule has 0 heterocycles. The van der Waals surface area contributed by atoms with E-state index in [9.17, 15) is 4.79 Å². The summed E-state index contributed by atoms with van der Waals surface area (Å²) in [6, 6.07) is 8.20. The van der Waals surface area contributed by atoms with E-state index in [-0.39, 0.29) is 12.5 Å². The van der Waals surface area contributed by atoms with Crippen LogP contribution in [0.4, 0.5) is 0 Å². The van der Waals surface area contributed by atoms with Crippen molar-refractivity contribution < 1.29 is 9.53 Å². The van der Waals surface area contributed by atoms with E-state index in [2.05, 4.69) is 42.6 Å². The van der Waals surface area contributed by atoms with Gasteiger partial charge in [-0.25, -0.2) is 5.43 Å². The van der Waals surface area contributed by atoms with Crippen molar-refractivity contribution in [3.63, 3.8) is 0 Å². The number of amides is 1. The smallest absolute Gasteiger partial charge is 0.277 e. The fourth-order valence-corrected chi connectivity index (χ4v) is 2.51. The molecule has 4 heteroatoms. The van der Waals surface area contributed by atoms with Crippen LogP contribution in [0.15, 0.2) is 41.2 Å². The van der Waals surface area contributed by atoms with Gasteiger partial charge in [-0.2, -0.15) is 5.10 Å². The van der Waals surface area contributed by atoms with Gasteiger partial charge in [-0.1, -0.05) is 43.2 Å². The van der Waals surface area contributed by atoms with E-state index in [0.29, 0.717) is 0 Å². The number of hydrazone groups is 1. The number of carbonyl (C=O) groups excluding carboxylic acids is 1. The van der Waals surface area contributed by atoms with Crippen LogP contribution in [0, 0.1) is 6.92 Å². The van der Waals surface area contributed by atoms with Gasteiger partial charge >= 0.3 is 0 Å². The first kappa shape index (κ1) is 17.3. The van der Waals surface area contributed by atoms with Gasteiger partial charge < -0.3 is 4.74 Å². The third-order valence-electron chi connectivity index (χ3n) is 3.83. The summed E-state index contributed by atoms with van der Waals surface area (Å²) >= 11 is 0. The average Bonchev–Trinajstić information content (AvgIpc) is 2.58. The largest absolute Gasteiger partial charge is 0.488 e. The Morgan fingerprint density at radius 1 is 1.26 bits per heavy atom. The predicted octanol–water partition coefficient (Wildman–Crippen LogP) is 4.09. The molecule has 1 aromatic carbocycles. The highest BCUT2D eigenvalue weighted by Gasteiger charge is 2.08. The molecule has 1 aliphatic carbocycles. The number of hydrogen-bond donors (Lipinski definition) is 1. The van der Waals surface area contributed by atoms with Gasteiger partial charge in [0.2, 0.25) is 0 Å². The number of nitrogens with zero attached hydrogens (tertiary/aromatic N) is 1. The first-order valence-electron chi connectivity index (χ1n) is 8.43.